The molecule has 0 bridgehead atoms. The number of benzene rings is 1. The maximum atomic E-state index is 13.0. The van der Waals surface area contributed by atoms with Gasteiger partial charge in [-0.05, 0) is 55.0 Å². The minimum absolute atomic E-state index is 0.0346. The van der Waals surface area contributed by atoms with E-state index in [0.29, 0.717) is 30.5 Å². The highest BCUT2D eigenvalue weighted by Crippen LogP contribution is 2.30. The number of hydrogen-bond donors (Lipinski definition) is 0. The van der Waals surface area contributed by atoms with Gasteiger partial charge in [0.1, 0.15) is 5.75 Å². The summed E-state index contributed by atoms with van der Waals surface area (Å²) < 4.78 is 11.6. The minimum Gasteiger partial charge on any atom is -0.494 e. The number of unbranched alkanes of at least 4 members (excludes halogenated alkanes) is 1. The molecule has 3 aromatic rings. The average molecular weight is 412 g/mol. The van der Waals surface area contributed by atoms with Crippen molar-refractivity contribution in [1.29, 1.82) is 0 Å². The van der Waals surface area contributed by atoms with Gasteiger partial charge in [-0.15, -0.1) is 10.2 Å². The molecular formula is C22H25N3O3S. The van der Waals surface area contributed by atoms with Crippen molar-refractivity contribution < 1.29 is 13.9 Å². The van der Waals surface area contributed by atoms with Crippen LogP contribution in [0.3, 0.4) is 0 Å². The van der Waals surface area contributed by atoms with Crippen molar-refractivity contribution in [2.24, 2.45) is 0 Å². The Hall–Kier alpha value is -2.67. The lowest BCUT2D eigenvalue weighted by molar-refractivity contribution is 0.0698. The summed E-state index contributed by atoms with van der Waals surface area (Å²) in [5.74, 6) is 2.07. The molecule has 7 heteroatoms. The zero-order chi connectivity index (χ0) is 20.1. The number of ether oxygens (including phenoxy) is 1. The Kier molecular flexibility index (Phi) is 6.24. The van der Waals surface area contributed by atoms with E-state index in [1.807, 2.05) is 46.0 Å². The molecular weight excluding hydrogens is 386 g/mol. The van der Waals surface area contributed by atoms with Crippen molar-refractivity contribution >= 4 is 17.2 Å². The van der Waals surface area contributed by atoms with Crippen molar-refractivity contribution in [2.75, 3.05) is 19.7 Å². The first-order valence-corrected chi connectivity index (χ1v) is 11.1. The molecule has 0 spiro atoms. The zero-order valence-electron chi connectivity index (χ0n) is 16.5. The molecule has 29 heavy (non-hydrogen) atoms. The summed E-state index contributed by atoms with van der Waals surface area (Å²) in [5, 5.41) is 12.4. The van der Waals surface area contributed by atoms with Gasteiger partial charge >= 0.3 is 0 Å². The van der Waals surface area contributed by atoms with Gasteiger partial charge in [0.15, 0.2) is 0 Å². The summed E-state index contributed by atoms with van der Waals surface area (Å²) in [7, 11) is 0. The second-order valence-electron chi connectivity index (χ2n) is 7.27. The van der Waals surface area contributed by atoms with Gasteiger partial charge in [-0.25, -0.2) is 0 Å². The summed E-state index contributed by atoms with van der Waals surface area (Å²) in [5.41, 5.74) is 1.62. The van der Waals surface area contributed by atoms with E-state index in [9.17, 15) is 4.79 Å². The number of aromatic nitrogens is 2. The molecule has 152 valence electrons. The molecule has 1 aliphatic rings. The average Bonchev–Trinajstić information content (AvgIpc) is 3.46. The van der Waals surface area contributed by atoms with Gasteiger partial charge in [0.05, 0.1) is 12.5 Å². The molecule has 1 aromatic carbocycles. The monoisotopic (exact) mass is 411 g/mol. The first-order chi connectivity index (χ1) is 14.2. The van der Waals surface area contributed by atoms with Crippen molar-refractivity contribution in [3.63, 3.8) is 0 Å². The Balaban J connectivity index is 1.39. The van der Waals surface area contributed by atoms with Crippen molar-refractivity contribution in [1.82, 2.24) is 15.1 Å². The molecule has 1 aliphatic heterocycles. The molecule has 0 saturated carbocycles. The fourth-order valence-corrected chi connectivity index (χ4v) is 4.11. The lowest BCUT2D eigenvalue weighted by atomic mass is 9.97. The van der Waals surface area contributed by atoms with E-state index < -0.39 is 0 Å². The molecule has 0 N–H and O–H groups in total. The molecule has 6 nitrogen and oxygen atoms in total. The Bertz CT molecular complexity index is 921. The van der Waals surface area contributed by atoms with Crippen molar-refractivity contribution in [3.05, 3.63) is 52.5 Å². The molecule has 1 amide bonds. The van der Waals surface area contributed by atoms with E-state index in [2.05, 4.69) is 17.1 Å². The summed E-state index contributed by atoms with van der Waals surface area (Å²) in [6, 6.07) is 9.39. The van der Waals surface area contributed by atoms with Crippen LogP contribution in [0.2, 0.25) is 0 Å². The van der Waals surface area contributed by atoms with Gasteiger partial charge in [-0.1, -0.05) is 13.3 Å². The van der Waals surface area contributed by atoms with Gasteiger partial charge in [0, 0.05) is 29.6 Å². The molecule has 0 radical (unpaired) electrons. The fourth-order valence-electron chi connectivity index (χ4n) is 3.48. The molecule has 2 aromatic heterocycles. The van der Waals surface area contributed by atoms with Crippen LogP contribution in [0.15, 0.2) is 45.5 Å². The maximum absolute atomic E-state index is 13.0. The summed E-state index contributed by atoms with van der Waals surface area (Å²) >= 11 is 1.60. The van der Waals surface area contributed by atoms with E-state index in [4.69, 9.17) is 9.15 Å². The van der Waals surface area contributed by atoms with Gasteiger partial charge < -0.3 is 14.1 Å². The largest absolute Gasteiger partial charge is 0.494 e. The first-order valence-electron chi connectivity index (χ1n) is 10.1. The van der Waals surface area contributed by atoms with Crippen LogP contribution in [0.5, 0.6) is 5.75 Å². The third kappa shape index (κ3) is 4.67. The highest BCUT2D eigenvalue weighted by atomic mass is 32.1. The molecule has 0 aliphatic carbocycles. The van der Waals surface area contributed by atoms with Crippen LogP contribution in [-0.4, -0.2) is 40.7 Å². The number of piperidine rings is 1. The van der Waals surface area contributed by atoms with Gasteiger partial charge in [-0.3, -0.25) is 4.79 Å². The van der Waals surface area contributed by atoms with E-state index in [-0.39, 0.29) is 11.8 Å². The lowest BCUT2D eigenvalue weighted by Gasteiger charge is -2.31. The third-order valence-corrected chi connectivity index (χ3v) is 5.82. The van der Waals surface area contributed by atoms with Crippen LogP contribution < -0.4 is 4.74 Å². The first kappa shape index (κ1) is 19.6. The molecule has 1 unspecified atom stereocenters. The van der Waals surface area contributed by atoms with E-state index >= 15 is 0 Å². The Labute approximate surface area is 174 Å². The molecule has 4 rings (SSSR count). The topological polar surface area (TPSA) is 68.5 Å². The number of amides is 1. The summed E-state index contributed by atoms with van der Waals surface area (Å²) in [6.45, 7) is 4.18. The summed E-state index contributed by atoms with van der Waals surface area (Å²) in [6.07, 6.45) is 3.99. The van der Waals surface area contributed by atoms with Gasteiger partial charge in [0.25, 0.3) is 5.91 Å². The smallest absolute Gasteiger partial charge is 0.253 e. The molecule has 1 atom stereocenters. The molecule has 1 fully saturated rings. The van der Waals surface area contributed by atoms with Crippen molar-refractivity contribution in [2.45, 2.75) is 38.5 Å². The number of carbonyl (C=O) groups is 1. The van der Waals surface area contributed by atoms with Crippen LogP contribution >= 0.6 is 11.3 Å². The predicted octanol–water partition coefficient (Wildman–Crippen LogP) is 5.00. The number of hydrogen-bond acceptors (Lipinski definition) is 6. The zero-order valence-corrected chi connectivity index (χ0v) is 17.4. The van der Waals surface area contributed by atoms with Crippen LogP contribution in [0.1, 0.15) is 54.8 Å². The second kappa shape index (κ2) is 9.22. The normalized spacial score (nSPS) is 16.7. The number of likely N-dealkylation sites (tertiary alicyclic amines) is 1. The van der Waals surface area contributed by atoms with E-state index in [1.54, 1.807) is 11.3 Å². The third-order valence-electron chi connectivity index (χ3n) is 5.13. The fraction of sp³-hybridized carbons (Fsp3) is 0.409. The number of thiophene rings is 1. The second-order valence-corrected chi connectivity index (χ2v) is 8.05. The quantitative estimate of drug-likeness (QED) is 0.512. The molecule has 1 saturated heterocycles. The highest BCUT2D eigenvalue weighted by molar-refractivity contribution is 7.08. The number of carbonyl (C=O) groups excluding carboxylic acids is 1. The maximum Gasteiger partial charge on any atom is 0.253 e. The SMILES string of the molecule is CCCCOc1ccc(C(=O)N2CCCC(c3nnc(-c4ccsc4)o3)C2)cc1. The lowest BCUT2D eigenvalue weighted by Crippen LogP contribution is -2.39. The van der Waals surface area contributed by atoms with Crippen LogP contribution in [-0.2, 0) is 0 Å². The van der Waals surface area contributed by atoms with Crippen LogP contribution in [0, 0.1) is 0 Å². The van der Waals surface area contributed by atoms with E-state index in [0.717, 1.165) is 43.5 Å². The number of nitrogens with zero attached hydrogens (tertiary/aromatic N) is 3. The van der Waals surface area contributed by atoms with Gasteiger partial charge in [-0.2, -0.15) is 11.3 Å². The highest BCUT2D eigenvalue weighted by Gasteiger charge is 2.29. The van der Waals surface area contributed by atoms with Gasteiger partial charge in [0.2, 0.25) is 11.8 Å². The van der Waals surface area contributed by atoms with Crippen LogP contribution in [0.25, 0.3) is 11.5 Å². The Morgan fingerprint density at radius 2 is 2.14 bits per heavy atom. The standard InChI is InChI=1S/C22H25N3O3S/c1-2-3-12-27-19-8-6-16(7-9-19)22(26)25-11-4-5-17(14-25)20-23-24-21(28-20)18-10-13-29-15-18/h6-10,13,15,17H,2-5,11-12,14H2,1H3. The Morgan fingerprint density at radius 3 is 2.90 bits per heavy atom. The summed E-state index contributed by atoms with van der Waals surface area (Å²) in [4.78, 5) is 14.8. The van der Waals surface area contributed by atoms with Crippen LogP contribution in [0.4, 0.5) is 0 Å². The van der Waals surface area contributed by atoms with E-state index in [1.165, 1.54) is 0 Å². The predicted molar refractivity (Wildman–Crippen MR) is 112 cm³/mol. The van der Waals surface area contributed by atoms with Crippen molar-refractivity contribution in [3.8, 4) is 17.2 Å². The number of rotatable bonds is 7. The molecule has 3 heterocycles. The minimum atomic E-state index is 0.0346. The Morgan fingerprint density at radius 1 is 1.28 bits per heavy atom.